The Kier molecular flexibility index (Phi) is 4.23. The summed E-state index contributed by atoms with van der Waals surface area (Å²) in [6.07, 6.45) is 2.21. The van der Waals surface area contributed by atoms with Crippen molar-refractivity contribution in [1.29, 1.82) is 0 Å². The van der Waals surface area contributed by atoms with Crippen molar-refractivity contribution < 1.29 is 19.5 Å². The topological polar surface area (TPSA) is 117 Å². The smallest absolute Gasteiger partial charge is 0.255 e. The molecule has 0 saturated carbocycles. The van der Waals surface area contributed by atoms with Crippen LogP contribution in [0.3, 0.4) is 0 Å². The second-order valence-corrected chi connectivity index (χ2v) is 6.95. The van der Waals surface area contributed by atoms with E-state index in [9.17, 15) is 19.5 Å². The Hall–Kier alpha value is -3.07. The van der Waals surface area contributed by atoms with Crippen LogP contribution < -0.4 is 5.32 Å². The van der Waals surface area contributed by atoms with Crippen LogP contribution in [0.4, 0.5) is 0 Å². The molecule has 2 aromatic rings. The summed E-state index contributed by atoms with van der Waals surface area (Å²) in [6, 6.07) is 4.70. The highest BCUT2D eigenvalue weighted by molar-refractivity contribution is 6.05. The molecule has 1 aromatic carbocycles. The first-order valence-corrected chi connectivity index (χ1v) is 8.79. The quantitative estimate of drug-likeness (QED) is 0.730. The number of rotatable bonds is 4. The minimum Gasteiger partial charge on any atom is -0.393 e. The summed E-state index contributed by atoms with van der Waals surface area (Å²) < 4.78 is 1.59. The lowest BCUT2D eigenvalue weighted by Gasteiger charge is -2.29. The van der Waals surface area contributed by atoms with E-state index in [-0.39, 0.29) is 18.2 Å². The van der Waals surface area contributed by atoms with E-state index in [0.29, 0.717) is 30.6 Å². The summed E-state index contributed by atoms with van der Waals surface area (Å²) >= 11 is 0. The van der Waals surface area contributed by atoms with Crippen molar-refractivity contribution in [3.8, 4) is 5.69 Å². The van der Waals surface area contributed by atoms with Gasteiger partial charge in [-0.3, -0.25) is 19.7 Å². The highest BCUT2D eigenvalue weighted by Crippen LogP contribution is 2.29. The van der Waals surface area contributed by atoms with Crippen LogP contribution in [0, 0.1) is 0 Å². The van der Waals surface area contributed by atoms with Crippen LogP contribution in [0.1, 0.15) is 41.4 Å². The van der Waals surface area contributed by atoms with Crippen molar-refractivity contribution in [3.05, 3.63) is 41.2 Å². The minimum absolute atomic E-state index is 0.209. The summed E-state index contributed by atoms with van der Waals surface area (Å²) in [4.78, 5) is 37.6. The zero-order chi connectivity index (χ0) is 19.1. The third-order valence-corrected chi connectivity index (χ3v) is 4.82. The second kappa shape index (κ2) is 6.58. The van der Waals surface area contributed by atoms with Crippen LogP contribution in [0.15, 0.2) is 24.4 Å². The number of aliphatic hydroxyl groups is 1. The molecule has 1 fully saturated rings. The predicted octanol–water partition coefficient (Wildman–Crippen LogP) is -0.0484. The van der Waals surface area contributed by atoms with Crippen molar-refractivity contribution in [2.75, 3.05) is 0 Å². The maximum Gasteiger partial charge on any atom is 0.255 e. The lowest BCUT2D eigenvalue weighted by atomic mass is 10.0. The molecule has 9 heteroatoms. The first kappa shape index (κ1) is 17.3. The average molecular weight is 369 g/mol. The van der Waals surface area contributed by atoms with Crippen LogP contribution in [-0.4, -0.2) is 54.9 Å². The Morgan fingerprint density at radius 3 is 2.89 bits per heavy atom. The largest absolute Gasteiger partial charge is 0.393 e. The number of imide groups is 1. The van der Waals surface area contributed by atoms with Gasteiger partial charge in [-0.1, -0.05) is 5.21 Å². The molecule has 0 bridgehead atoms. The summed E-state index contributed by atoms with van der Waals surface area (Å²) in [5.74, 6) is -0.937. The third kappa shape index (κ3) is 3.21. The molecule has 4 rings (SSSR count). The van der Waals surface area contributed by atoms with E-state index < -0.39 is 18.1 Å². The molecule has 9 nitrogen and oxygen atoms in total. The standard InChI is InChI=1S/C18H19N5O4/c1-10(24)6-12-9-23(21-20-12)13-2-3-14-11(7-13)8-22(18(14)27)15-4-5-16(25)19-17(15)26/h2-3,7,9-10,15,24H,4-6,8H2,1H3,(H,19,25,26). The van der Waals surface area contributed by atoms with E-state index in [1.807, 2.05) is 6.07 Å². The molecule has 2 aliphatic heterocycles. The van der Waals surface area contributed by atoms with E-state index in [2.05, 4.69) is 15.6 Å². The monoisotopic (exact) mass is 369 g/mol. The normalized spacial score (nSPS) is 20.6. The minimum atomic E-state index is -0.630. The fourth-order valence-electron chi connectivity index (χ4n) is 3.52. The summed E-state index contributed by atoms with van der Waals surface area (Å²) in [7, 11) is 0. The van der Waals surface area contributed by atoms with Crippen molar-refractivity contribution in [2.24, 2.45) is 0 Å². The van der Waals surface area contributed by atoms with Gasteiger partial charge in [-0.15, -0.1) is 5.10 Å². The van der Waals surface area contributed by atoms with Crippen molar-refractivity contribution in [1.82, 2.24) is 25.2 Å². The Labute approximate surface area is 155 Å². The maximum atomic E-state index is 12.7. The first-order chi connectivity index (χ1) is 12.9. The predicted molar refractivity (Wildman–Crippen MR) is 92.8 cm³/mol. The van der Waals surface area contributed by atoms with Gasteiger partial charge < -0.3 is 10.0 Å². The van der Waals surface area contributed by atoms with E-state index in [1.165, 1.54) is 4.90 Å². The molecule has 2 unspecified atom stereocenters. The maximum absolute atomic E-state index is 12.7. The molecule has 0 spiro atoms. The van der Waals surface area contributed by atoms with Crippen LogP contribution >= 0.6 is 0 Å². The fraction of sp³-hybridized carbons (Fsp3) is 0.389. The Bertz CT molecular complexity index is 936. The number of nitrogens with one attached hydrogen (secondary N) is 1. The van der Waals surface area contributed by atoms with E-state index in [4.69, 9.17) is 0 Å². The lowest BCUT2D eigenvalue weighted by Crippen LogP contribution is -2.52. The summed E-state index contributed by atoms with van der Waals surface area (Å²) in [5, 5.41) is 19.9. The van der Waals surface area contributed by atoms with Crippen molar-refractivity contribution in [2.45, 2.75) is 44.9 Å². The zero-order valence-electron chi connectivity index (χ0n) is 14.8. The van der Waals surface area contributed by atoms with Crippen LogP contribution in [0.2, 0.25) is 0 Å². The van der Waals surface area contributed by atoms with Gasteiger partial charge in [-0.05, 0) is 37.1 Å². The van der Waals surface area contributed by atoms with Crippen molar-refractivity contribution in [3.63, 3.8) is 0 Å². The Morgan fingerprint density at radius 1 is 1.33 bits per heavy atom. The summed E-state index contributed by atoms with van der Waals surface area (Å²) in [6.45, 7) is 1.99. The molecule has 1 saturated heterocycles. The van der Waals surface area contributed by atoms with Gasteiger partial charge in [-0.25, -0.2) is 4.68 Å². The lowest BCUT2D eigenvalue weighted by molar-refractivity contribution is -0.136. The molecular formula is C18H19N5O4. The van der Waals surface area contributed by atoms with Gasteiger partial charge in [0.1, 0.15) is 6.04 Å². The zero-order valence-corrected chi connectivity index (χ0v) is 14.8. The molecule has 3 heterocycles. The van der Waals surface area contributed by atoms with Gasteiger partial charge >= 0.3 is 0 Å². The number of carbonyl (C=O) groups excluding carboxylic acids is 3. The molecule has 2 atom stereocenters. The van der Waals surface area contributed by atoms with Crippen LogP contribution in [0.5, 0.6) is 0 Å². The average Bonchev–Trinajstić information content (AvgIpc) is 3.19. The van der Waals surface area contributed by atoms with Gasteiger partial charge in [0.25, 0.3) is 5.91 Å². The number of nitrogens with zero attached hydrogens (tertiary/aromatic N) is 4. The van der Waals surface area contributed by atoms with Gasteiger partial charge in [0.05, 0.1) is 23.7 Å². The van der Waals surface area contributed by atoms with E-state index >= 15 is 0 Å². The van der Waals surface area contributed by atoms with E-state index in [0.717, 1.165) is 11.3 Å². The Morgan fingerprint density at radius 2 is 2.15 bits per heavy atom. The molecule has 2 N–H and O–H groups in total. The molecular weight excluding hydrogens is 350 g/mol. The number of fused-ring (bicyclic) bond motifs is 1. The second-order valence-electron chi connectivity index (χ2n) is 6.95. The van der Waals surface area contributed by atoms with Gasteiger partial charge in [0.15, 0.2) is 0 Å². The van der Waals surface area contributed by atoms with Gasteiger partial charge in [-0.2, -0.15) is 0 Å². The SMILES string of the molecule is CC(O)Cc1cn(-c2ccc3c(c2)CN(C2CCC(=O)NC2=O)C3=O)nn1. The highest BCUT2D eigenvalue weighted by atomic mass is 16.3. The van der Waals surface area contributed by atoms with Crippen molar-refractivity contribution >= 4 is 17.7 Å². The number of amides is 3. The number of benzene rings is 1. The number of carbonyl (C=O) groups is 3. The molecule has 0 radical (unpaired) electrons. The molecule has 27 heavy (non-hydrogen) atoms. The number of aliphatic hydroxyl groups excluding tert-OH is 1. The first-order valence-electron chi connectivity index (χ1n) is 8.79. The summed E-state index contributed by atoms with van der Waals surface area (Å²) in [5.41, 5.74) is 2.77. The number of piperidine rings is 1. The molecule has 0 aliphatic carbocycles. The van der Waals surface area contributed by atoms with Crippen LogP contribution in [0.25, 0.3) is 5.69 Å². The van der Waals surface area contributed by atoms with E-state index in [1.54, 1.807) is 29.9 Å². The van der Waals surface area contributed by atoms with Gasteiger partial charge in [0, 0.05) is 24.9 Å². The van der Waals surface area contributed by atoms with Crippen LogP contribution in [-0.2, 0) is 22.6 Å². The fourth-order valence-corrected chi connectivity index (χ4v) is 3.52. The molecule has 1 aromatic heterocycles. The number of hydrogen-bond acceptors (Lipinski definition) is 6. The molecule has 140 valence electrons. The highest BCUT2D eigenvalue weighted by Gasteiger charge is 2.39. The Balaban J connectivity index is 1.56. The van der Waals surface area contributed by atoms with Gasteiger partial charge in [0.2, 0.25) is 11.8 Å². The molecule has 2 aliphatic rings. The third-order valence-electron chi connectivity index (χ3n) is 4.82. The number of hydrogen-bond donors (Lipinski definition) is 2. The molecule has 3 amide bonds. The number of aromatic nitrogens is 3.